The molecular weight excluding hydrogens is 1200 g/mol. The molecule has 2 aromatic heterocycles. The van der Waals surface area contributed by atoms with Gasteiger partial charge in [0.2, 0.25) is 0 Å². The average molecular weight is 1280 g/mol. The van der Waals surface area contributed by atoms with E-state index in [4.69, 9.17) is 0 Å². The van der Waals surface area contributed by atoms with Crippen molar-refractivity contribution in [1.82, 2.24) is 9.13 Å². The first-order valence-corrected chi connectivity index (χ1v) is 35.0. The molecule has 17 rings (SSSR count). The Labute approximate surface area is 589 Å². The number of hydrogen-bond donors (Lipinski definition) is 0. The summed E-state index contributed by atoms with van der Waals surface area (Å²) in [6.45, 7) is 27.5. The third-order valence-electron chi connectivity index (χ3n) is 21.0. The van der Waals surface area contributed by atoms with E-state index in [0.717, 1.165) is 123 Å². The molecule has 13 aromatic carbocycles. The van der Waals surface area contributed by atoms with Crippen LogP contribution in [0, 0.1) is 0 Å². The van der Waals surface area contributed by atoms with Crippen LogP contribution in [0.25, 0.3) is 99.5 Å². The minimum Gasteiger partial charge on any atom is -0.311 e. The van der Waals surface area contributed by atoms with Crippen LogP contribution in [0.15, 0.2) is 285 Å². The van der Waals surface area contributed by atoms with Crippen LogP contribution in [0.1, 0.15) is 111 Å². The van der Waals surface area contributed by atoms with E-state index in [2.05, 4.69) is 363 Å². The fraction of sp³-hybridized carbons (Fsp3) is 0.170. The molecule has 0 spiro atoms. The first-order chi connectivity index (χ1) is 49.3. The van der Waals surface area contributed by atoms with Crippen molar-refractivity contribution in [3.05, 3.63) is 307 Å². The van der Waals surface area contributed by atoms with Gasteiger partial charge in [0.05, 0.1) is 33.2 Å². The molecule has 2 aliphatic heterocycles. The highest BCUT2D eigenvalue weighted by molar-refractivity contribution is 7.00. The Hall–Kier alpha value is -10.9. The molecule has 15 aromatic rings. The van der Waals surface area contributed by atoms with Crippen LogP contribution >= 0.6 is 0 Å². The Morgan fingerprint density at radius 2 is 0.747 bits per heavy atom. The molecule has 0 atom stereocenters. The van der Waals surface area contributed by atoms with Crippen LogP contribution in [-0.2, 0) is 21.7 Å². The van der Waals surface area contributed by atoms with Crippen molar-refractivity contribution in [2.24, 2.45) is 0 Å². The van der Waals surface area contributed by atoms with Crippen LogP contribution in [0.4, 0.5) is 34.1 Å². The quantitative estimate of drug-likeness (QED) is 0.141. The Kier molecular flexibility index (Phi) is 13.2. The normalized spacial score (nSPS) is 13.8. The number of anilines is 6. The summed E-state index contributed by atoms with van der Waals surface area (Å²) in [6.07, 6.45) is 0. The predicted molar refractivity (Wildman–Crippen MR) is 426 cm³/mol. The fourth-order valence-corrected chi connectivity index (χ4v) is 15.6. The van der Waals surface area contributed by atoms with E-state index < -0.39 is 0 Å². The van der Waals surface area contributed by atoms with Crippen LogP contribution in [0.5, 0.6) is 0 Å². The van der Waals surface area contributed by atoms with Gasteiger partial charge in [-0.15, -0.1) is 0 Å². The Bertz CT molecular complexity index is 5840. The molecule has 0 saturated heterocycles. The van der Waals surface area contributed by atoms with E-state index in [1.165, 1.54) is 38.7 Å². The van der Waals surface area contributed by atoms with Crippen molar-refractivity contribution in [1.29, 1.82) is 0 Å². The minimum absolute atomic E-state index is 0.0750. The summed E-state index contributed by atoms with van der Waals surface area (Å²) < 4.78 is 43.0. The molecule has 0 radical (unpaired) electrons. The second-order valence-corrected chi connectivity index (χ2v) is 31.6. The highest BCUT2D eigenvalue weighted by Crippen LogP contribution is 2.51. The molecule has 0 fully saturated rings. The zero-order valence-corrected chi connectivity index (χ0v) is 58.7. The third-order valence-corrected chi connectivity index (χ3v) is 21.0. The Balaban J connectivity index is 0.996. The second kappa shape index (κ2) is 22.9. The molecule has 0 aliphatic carbocycles. The number of benzene rings is 13. The molecule has 4 heterocycles. The first-order valence-electron chi connectivity index (χ1n) is 37.0. The molecule has 0 bridgehead atoms. The SMILES string of the molecule is [2H]c1c([2H])c([2H])c2c(c1[2H])c1cc(-n3c4ccccc4c4ccccc43)ccc1n2-c1ccc2c(c1)N(c1ccc(C(C)(C)C)cc1-c1ccccc1)c1cc(C(C)(C)C)cc3c1B2c1ccc(-c2cc(C(C)(C)C)cc(C(C)(C)C)c2)cc1N3c1cc(-c2ccccc2)cc(-c2ccccc2)c1. The Morgan fingerprint density at radius 3 is 1.34 bits per heavy atom. The maximum Gasteiger partial charge on any atom is 0.252 e. The van der Waals surface area contributed by atoms with Crippen molar-refractivity contribution >= 4 is 101 Å². The van der Waals surface area contributed by atoms with E-state index in [0.29, 0.717) is 10.9 Å². The molecule has 4 nitrogen and oxygen atoms in total. The summed E-state index contributed by atoms with van der Waals surface area (Å²) in [5, 5.41) is 3.48. The number of rotatable bonds is 8. The molecule has 2 aliphatic rings. The molecule has 482 valence electrons. The summed E-state index contributed by atoms with van der Waals surface area (Å²) in [7, 11) is 0. The third kappa shape index (κ3) is 10.4. The molecule has 0 amide bonds. The number of hydrogen-bond acceptors (Lipinski definition) is 2. The van der Waals surface area contributed by atoms with Gasteiger partial charge in [-0.2, -0.15) is 0 Å². The van der Waals surface area contributed by atoms with Crippen molar-refractivity contribution in [3.63, 3.8) is 0 Å². The maximum atomic E-state index is 10.0. The first kappa shape index (κ1) is 57.2. The molecule has 0 unspecified atom stereocenters. The van der Waals surface area contributed by atoms with Gasteiger partial charge in [0, 0.05) is 66.9 Å². The van der Waals surface area contributed by atoms with E-state index in [-0.39, 0.29) is 52.5 Å². The number of nitrogens with zero attached hydrogens (tertiary/aromatic N) is 4. The summed E-state index contributed by atoms with van der Waals surface area (Å²) in [4.78, 5) is 5.14. The topological polar surface area (TPSA) is 16.3 Å². The number of fused-ring (bicyclic) bond motifs is 10. The van der Waals surface area contributed by atoms with E-state index in [1.807, 2.05) is 0 Å². The van der Waals surface area contributed by atoms with Crippen LogP contribution in [0.2, 0.25) is 0 Å². The molecular formula is C94H83BN4. The van der Waals surface area contributed by atoms with Crippen molar-refractivity contribution in [2.75, 3.05) is 9.80 Å². The summed E-state index contributed by atoms with van der Waals surface area (Å²) >= 11 is 0. The summed E-state index contributed by atoms with van der Waals surface area (Å²) in [5.74, 6) is 0. The van der Waals surface area contributed by atoms with Gasteiger partial charge in [-0.3, -0.25) is 0 Å². The molecule has 0 saturated carbocycles. The minimum atomic E-state index is -0.344. The lowest BCUT2D eigenvalue weighted by Gasteiger charge is -2.46. The van der Waals surface area contributed by atoms with Gasteiger partial charge in [0.15, 0.2) is 0 Å². The summed E-state index contributed by atoms with van der Waals surface area (Å²) in [5.41, 5.74) is 28.0. The van der Waals surface area contributed by atoms with Gasteiger partial charge in [-0.05, 0) is 196 Å². The number of aromatic nitrogens is 2. The van der Waals surface area contributed by atoms with Gasteiger partial charge >= 0.3 is 0 Å². The maximum absolute atomic E-state index is 10.0. The largest absolute Gasteiger partial charge is 0.311 e. The number of para-hydroxylation sites is 3. The Morgan fingerprint density at radius 1 is 0.273 bits per heavy atom. The predicted octanol–water partition coefficient (Wildman–Crippen LogP) is 23.8. The van der Waals surface area contributed by atoms with E-state index >= 15 is 0 Å². The van der Waals surface area contributed by atoms with E-state index in [9.17, 15) is 5.48 Å². The van der Waals surface area contributed by atoms with Gasteiger partial charge in [0.1, 0.15) is 0 Å². The van der Waals surface area contributed by atoms with Crippen molar-refractivity contribution in [3.8, 4) is 55.9 Å². The van der Waals surface area contributed by atoms with Gasteiger partial charge in [-0.25, -0.2) is 0 Å². The highest BCUT2D eigenvalue weighted by Gasteiger charge is 2.45. The van der Waals surface area contributed by atoms with E-state index in [1.54, 1.807) is 0 Å². The lowest BCUT2D eigenvalue weighted by Crippen LogP contribution is -2.61. The molecule has 99 heavy (non-hydrogen) atoms. The fourth-order valence-electron chi connectivity index (χ4n) is 15.6. The zero-order valence-electron chi connectivity index (χ0n) is 62.7. The lowest BCUT2D eigenvalue weighted by molar-refractivity contribution is 0.569. The smallest absolute Gasteiger partial charge is 0.252 e. The van der Waals surface area contributed by atoms with Gasteiger partial charge in [0.25, 0.3) is 6.71 Å². The van der Waals surface area contributed by atoms with Crippen LogP contribution in [-0.4, -0.2) is 15.8 Å². The monoisotopic (exact) mass is 1280 g/mol. The van der Waals surface area contributed by atoms with Crippen molar-refractivity contribution < 1.29 is 5.48 Å². The summed E-state index contributed by atoms with van der Waals surface area (Å²) in [6, 6.07) is 95.6. The zero-order chi connectivity index (χ0) is 71.5. The van der Waals surface area contributed by atoms with Crippen LogP contribution < -0.4 is 26.2 Å². The standard InChI is InChI=1S/C94H83BN4/c1-91(2,3)67-41-46-84(77(55-67)62-32-20-15-21-33-62)99-87-59-72(97-83-39-27-24-36-76(83)78-58-71(43-47-85(78)97)96-81-37-25-22-34-74(81)75-35-23-26-38-82(75)96)42-45-80(87)95-79-44-40-63(66-49-68(92(4,5)6)54-69(50-66)93(7,8)9)53-86(79)98(88-56-70(94(10,11)12)57-89(99)90(88)95)73-51-64(60-28-16-13-17-29-60)48-65(52-73)61-30-18-14-19-31-61/h13-59H,1-12H3/i24D,27D,36D,39D. The highest BCUT2D eigenvalue weighted by atomic mass is 15.2. The van der Waals surface area contributed by atoms with Crippen molar-refractivity contribution in [2.45, 2.75) is 105 Å². The lowest BCUT2D eigenvalue weighted by atomic mass is 9.33. The molecule has 0 N–H and O–H groups in total. The second-order valence-electron chi connectivity index (χ2n) is 31.6. The van der Waals surface area contributed by atoms with Gasteiger partial charge < -0.3 is 18.9 Å². The van der Waals surface area contributed by atoms with Crippen LogP contribution in [0.3, 0.4) is 0 Å². The average Bonchev–Trinajstić information content (AvgIpc) is 1.09. The molecule has 5 heteroatoms. The van der Waals surface area contributed by atoms with Gasteiger partial charge in [-0.1, -0.05) is 271 Å².